The maximum absolute atomic E-state index is 12.6. The fourth-order valence-electron chi connectivity index (χ4n) is 2.52. The summed E-state index contributed by atoms with van der Waals surface area (Å²) in [5.41, 5.74) is 1.98. The zero-order chi connectivity index (χ0) is 16.9. The number of benzene rings is 2. The number of aryl methyl sites for hydroxylation is 1. The third-order valence-corrected chi connectivity index (χ3v) is 5.33. The lowest BCUT2D eigenvalue weighted by Gasteiger charge is -2.26. The summed E-state index contributed by atoms with van der Waals surface area (Å²) in [7, 11) is -1.98. The van der Waals surface area contributed by atoms with Gasteiger partial charge in [-0.2, -0.15) is 0 Å². The maximum atomic E-state index is 12.6. The molecule has 0 bridgehead atoms. The van der Waals surface area contributed by atoms with Crippen molar-refractivity contribution < 1.29 is 13.2 Å². The molecule has 4 nitrogen and oxygen atoms in total. The Bertz CT molecular complexity index is 712. The van der Waals surface area contributed by atoms with Crippen molar-refractivity contribution in [3.8, 4) is 0 Å². The lowest BCUT2D eigenvalue weighted by molar-refractivity contribution is 0.0739. The number of hydrogen-bond donors (Lipinski definition) is 1. The van der Waals surface area contributed by atoms with Crippen LogP contribution < -0.4 is 4.72 Å². The van der Waals surface area contributed by atoms with E-state index in [1.165, 1.54) is 0 Å². The van der Waals surface area contributed by atoms with Crippen molar-refractivity contribution in [1.82, 2.24) is 4.72 Å². The molecule has 23 heavy (non-hydrogen) atoms. The van der Waals surface area contributed by atoms with Crippen molar-refractivity contribution in [1.29, 1.82) is 0 Å². The standard InChI is InChI=1S/C18H23NO3S/c1-4-17(18(22-3)15-8-6-5-7-9-15)19-23(20,21)16-12-10-14(2)11-13-16/h5-13,17-19H,4H2,1-3H3/t17-,18+/m0/s1. The highest BCUT2D eigenvalue weighted by Crippen LogP contribution is 2.24. The van der Waals surface area contributed by atoms with E-state index in [1.807, 2.05) is 44.2 Å². The zero-order valence-electron chi connectivity index (χ0n) is 13.7. The smallest absolute Gasteiger partial charge is 0.240 e. The molecule has 124 valence electrons. The molecule has 0 aliphatic rings. The predicted molar refractivity (Wildman–Crippen MR) is 91.8 cm³/mol. The first-order valence-electron chi connectivity index (χ1n) is 7.64. The zero-order valence-corrected chi connectivity index (χ0v) is 14.5. The van der Waals surface area contributed by atoms with Gasteiger partial charge in [-0.05, 0) is 31.0 Å². The molecule has 0 heterocycles. The van der Waals surface area contributed by atoms with Gasteiger partial charge < -0.3 is 4.74 Å². The van der Waals surface area contributed by atoms with Crippen LogP contribution >= 0.6 is 0 Å². The largest absolute Gasteiger partial charge is 0.375 e. The second kappa shape index (κ2) is 7.73. The van der Waals surface area contributed by atoms with Gasteiger partial charge in [0.25, 0.3) is 0 Å². The number of hydrogen-bond acceptors (Lipinski definition) is 3. The Morgan fingerprint density at radius 3 is 2.17 bits per heavy atom. The van der Waals surface area contributed by atoms with Crippen molar-refractivity contribution in [3.05, 3.63) is 65.7 Å². The van der Waals surface area contributed by atoms with Gasteiger partial charge in [-0.1, -0.05) is 55.0 Å². The Kier molecular flexibility index (Phi) is 5.93. The molecule has 0 radical (unpaired) electrons. The number of rotatable bonds is 7. The van der Waals surface area contributed by atoms with E-state index in [4.69, 9.17) is 4.74 Å². The summed E-state index contributed by atoms with van der Waals surface area (Å²) in [6.45, 7) is 3.87. The highest BCUT2D eigenvalue weighted by atomic mass is 32.2. The quantitative estimate of drug-likeness (QED) is 0.844. The van der Waals surface area contributed by atoms with Crippen LogP contribution in [0.3, 0.4) is 0 Å². The van der Waals surface area contributed by atoms with E-state index in [2.05, 4.69) is 4.72 Å². The molecule has 5 heteroatoms. The molecule has 0 aliphatic carbocycles. The van der Waals surface area contributed by atoms with Gasteiger partial charge in [0.15, 0.2) is 0 Å². The SMILES string of the molecule is CC[C@H](NS(=O)(=O)c1ccc(C)cc1)[C@H](OC)c1ccccc1. The highest BCUT2D eigenvalue weighted by Gasteiger charge is 2.27. The van der Waals surface area contributed by atoms with Gasteiger partial charge in [-0.25, -0.2) is 13.1 Å². The van der Waals surface area contributed by atoms with Crippen LogP contribution in [0.1, 0.15) is 30.6 Å². The lowest BCUT2D eigenvalue weighted by Crippen LogP contribution is -2.39. The van der Waals surface area contributed by atoms with Crippen LogP contribution in [0.5, 0.6) is 0 Å². The van der Waals surface area contributed by atoms with Crippen LogP contribution in [-0.4, -0.2) is 21.6 Å². The Labute approximate surface area is 138 Å². The van der Waals surface area contributed by atoms with E-state index in [0.29, 0.717) is 6.42 Å². The Hall–Kier alpha value is -1.69. The molecule has 0 aromatic heterocycles. The maximum Gasteiger partial charge on any atom is 0.240 e. The number of methoxy groups -OCH3 is 1. The fourth-order valence-corrected chi connectivity index (χ4v) is 3.84. The molecule has 0 saturated heterocycles. The van der Waals surface area contributed by atoms with E-state index in [9.17, 15) is 8.42 Å². The van der Waals surface area contributed by atoms with E-state index in [-0.39, 0.29) is 17.0 Å². The minimum Gasteiger partial charge on any atom is -0.375 e. The van der Waals surface area contributed by atoms with Crippen LogP contribution in [-0.2, 0) is 14.8 Å². The average molecular weight is 333 g/mol. The Morgan fingerprint density at radius 2 is 1.65 bits per heavy atom. The molecule has 0 fully saturated rings. The molecule has 2 rings (SSSR count). The van der Waals surface area contributed by atoms with E-state index in [1.54, 1.807) is 31.4 Å². The molecule has 0 spiro atoms. The van der Waals surface area contributed by atoms with Gasteiger partial charge in [0.2, 0.25) is 10.0 Å². The van der Waals surface area contributed by atoms with Crippen LogP contribution in [0.4, 0.5) is 0 Å². The third-order valence-electron chi connectivity index (χ3n) is 3.83. The molecule has 0 aliphatic heterocycles. The van der Waals surface area contributed by atoms with Gasteiger partial charge in [-0.3, -0.25) is 0 Å². The normalized spacial score (nSPS) is 14.4. The average Bonchev–Trinajstić information content (AvgIpc) is 2.56. The van der Waals surface area contributed by atoms with Crippen LogP contribution in [0.25, 0.3) is 0 Å². The molecule has 0 saturated carbocycles. The summed E-state index contributed by atoms with van der Waals surface area (Å²) in [4.78, 5) is 0.268. The minimum absolute atomic E-state index is 0.268. The monoisotopic (exact) mass is 333 g/mol. The number of sulfonamides is 1. The molecule has 2 atom stereocenters. The Balaban J connectivity index is 2.25. The third kappa shape index (κ3) is 4.41. The van der Waals surface area contributed by atoms with E-state index < -0.39 is 10.0 Å². The summed E-state index contributed by atoms with van der Waals surface area (Å²) in [6, 6.07) is 16.1. The summed E-state index contributed by atoms with van der Waals surface area (Å²) < 4.78 is 33.5. The molecular formula is C18H23NO3S. The summed E-state index contributed by atoms with van der Waals surface area (Å²) in [5.74, 6) is 0. The Morgan fingerprint density at radius 1 is 1.04 bits per heavy atom. The van der Waals surface area contributed by atoms with Crippen molar-refractivity contribution in [2.75, 3.05) is 7.11 Å². The minimum atomic E-state index is -3.58. The van der Waals surface area contributed by atoms with Crippen LogP contribution in [0, 0.1) is 6.92 Å². The summed E-state index contributed by atoms with van der Waals surface area (Å²) in [6.07, 6.45) is 0.291. The molecular weight excluding hydrogens is 310 g/mol. The van der Waals surface area contributed by atoms with E-state index in [0.717, 1.165) is 11.1 Å². The molecule has 0 amide bonds. The van der Waals surface area contributed by atoms with Crippen molar-refractivity contribution >= 4 is 10.0 Å². The summed E-state index contributed by atoms with van der Waals surface area (Å²) >= 11 is 0. The fraction of sp³-hybridized carbons (Fsp3) is 0.333. The number of ether oxygens (including phenoxy) is 1. The van der Waals surface area contributed by atoms with Gasteiger partial charge >= 0.3 is 0 Å². The molecule has 2 aromatic rings. The van der Waals surface area contributed by atoms with Crippen LogP contribution in [0.2, 0.25) is 0 Å². The van der Waals surface area contributed by atoms with Gasteiger partial charge in [0, 0.05) is 7.11 Å². The van der Waals surface area contributed by atoms with Gasteiger partial charge in [-0.15, -0.1) is 0 Å². The first-order valence-corrected chi connectivity index (χ1v) is 9.13. The molecule has 2 aromatic carbocycles. The predicted octanol–water partition coefficient (Wildman–Crippen LogP) is 3.44. The van der Waals surface area contributed by atoms with Crippen molar-refractivity contribution in [2.45, 2.75) is 37.3 Å². The summed E-state index contributed by atoms with van der Waals surface area (Å²) in [5, 5.41) is 0. The second-order valence-corrected chi connectivity index (χ2v) is 7.23. The first kappa shape index (κ1) is 17.7. The van der Waals surface area contributed by atoms with Crippen LogP contribution in [0.15, 0.2) is 59.5 Å². The van der Waals surface area contributed by atoms with Crippen molar-refractivity contribution in [3.63, 3.8) is 0 Å². The van der Waals surface area contributed by atoms with E-state index >= 15 is 0 Å². The molecule has 1 N–H and O–H groups in total. The lowest BCUT2D eigenvalue weighted by atomic mass is 10.0. The van der Waals surface area contributed by atoms with Crippen molar-refractivity contribution in [2.24, 2.45) is 0 Å². The second-order valence-electron chi connectivity index (χ2n) is 5.52. The first-order chi connectivity index (χ1) is 11.0. The van der Waals surface area contributed by atoms with Gasteiger partial charge in [0.05, 0.1) is 17.0 Å². The number of nitrogens with one attached hydrogen (secondary N) is 1. The van der Waals surface area contributed by atoms with Gasteiger partial charge in [0.1, 0.15) is 0 Å². The molecule has 0 unspecified atom stereocenters. The highest BCUT2D eigenvalue weighted by molar-refractivity contribution is 7.89. The topological polar surface area (TPSA) is 55.4 Å².